The highest BCUT2D eigenvalue weighted by molar-refractivity contribution is 6.25. The first kappa shape index (κ1) is 36.3. The number of imide groups is 2. The summed E-state index contributed by atoms with van der Waals surface area (Å²) in [4.78, 5) is 75.8. The Hall–Kier alpha value is -5.53. The number of piperidine rings is 1. The molecule has 1 saturated heterocycles. The van der Waals surface area contributed by atoms with Crippen LogP contribution in [0.1, 0.15) is 109 Å². The van der Waals surface area contributed by atoms with Crippen molar-refractivity contribution in [2.75, 3.05) is 30.3 Å². The summed E-state index contributed by atoms with van der Waals surface area (Å²) in [5.41, 5.74) is 2.99. The number of carbonyl (C=O) groups excluding carboxylic acids is 6. The van der Waals surface area contributed by atoms with E-state index in [-0.39, 0.29) is 48.8 Å². The van der Waals surface area contributed by atoms with Crippen molar-refractivity contribution in [3.8, 4) is 5.75 Å². The molecule has 14 heteroatoms. The number of aromatic amines is 1. The smallest absolute Gasteiger partial charge is 0.264 e. The van der Waals surface area contributed by atoms with Gasteiger partial charge in [-0.2, -0.15) is 5.10 Å². The van der Waals surface area contributed by atoms with E-state index in [0.29, 0.717) is 36.3 Å². The molecule has 0 radical (unpaired) electrons. The van der Waals surface area contributed by atoms with Gasteiger partial charge in [-0.25, -0.2) is 0 Å². The molecule has 6 rings (SSSR count). The molecule has 3 aliphatic rings. The summed E-state index contributed by atoms with van der Waals surface area (Å²) in [5.74, 6) is -0.800. The predicted octanol–water partition coefficient (Wildman–Crippen LogP) is 4.21. The number of unbranched alkanes of at least 4 members (excludes halogenated alkanes) is 5. The standard InChI is InChI=1S/C38H45N7O7/c46-32-18-17-30(36(49)42-32)45-37(50)27-11-8-12-28(35(27)38(45)51)39-19-5-3-1-2-4-6-20-40-34(48)23-52-26-15-13-24(14-16-26)21-33(47)41-31-22-29(43-44-31)25-9-7-10-25/h8,11-16,22,25,30,39H,1-7,9-10,17-21,23H2,(H,40,48)(H,42,46,49)(H2,41,43,44,47). The Kier molecular flexibility index (Phi) is 11.9. The van der Waals surface area contributed by atoms with E-state index in [2.05, 4.69) is 31.5 Å². The predicted molar refractivity (Wildman–Crippen MR) is 192 cm³/mol. The molecule has 52 heavy (non-hydrogen) atoms. The van der Waals surface area contributed by atoms with Crippen LogP contribution in [0.5, 0.6) is 5.75 Å². The number of benzene rings is 2. The number of amides is 6. The second kappa shape index (κ2) is 17.1. The number of hydrogen-bond donors (Lipinski definition) is 5. The monoisotopic (exact) mass is 711 g/mol. The van der Waals surface area contributed by atoms with Crippen molar-refractivity contribution >= 4 is 46.9 Å². The zero-order chi connectivity index (χ0) is 36.5. The van der Waals surface area contributed by atoms with Crippen molar-refractivity contribution in [2.45, 2.75) is 89.0 Å². The fourth-order valence-electron chi connectivity index (χ4n) is 6.68. The summed E-state index contributed by atoms with van der Waals surface area (Å²) in [7, 11) is 0. The zero-order valence-corrected chi connectivity index (χ0v) is 29.1. The van der Waals surface area contributed by atoms with Crippen LogP contribution >= 0.6 is 0 Å². The van der Waals surface area contributed by atoms with Gasteiger partial charge in [0.1, 0.15) is 11.8 Å². The van der Waals surface area contributed by atoms with Crippen molar-refractivity contribution in [2.24, 2.45) is 0 Å². The third-order valence-electron chi connectivity index (χ3n) is 9.78. The first-order chi connectivity index (χ1) is 25.3. The minimum atomic E-state index is -0.991. The van der Waals surface area contributed by atoms with Crippen LogP contribution in [-0.2, 0) is 25.6 Å². The number of aromatic nitrogens is 2. The Morgan fingerprint density at radius 2 is 1.62 bits per heavy atom. The van der Waals surface area contributed by atoms with Crippen molar-refractivity contribution < 1.29 is 33.5 Å². The van der Waals surface area contributed by atoms with Gasteiger partial charge in [-0.3, -0.25) is 44.1 Å². The average molecular weight is 712 g/mol. The van der Waals surface area contributed by atoms with E-state index >= 15 is 0 Å². The fourth-order valence-corrected chi connectivity index (χ4v) is 6.68. The molecule has 1 aliphatic carbocycles. The first-order valence-corrected chi connectivity index (χ1v) is 18.2. The Bertz CT molecular complexity index is 1800. The average Bonchev–Trinajstić information content (AvgIpc) is 3.65. The molecular weight excluding hydrogens is 666 g/mol. The highest BCUT2D eigenvalue weighted by atomic mass is 16.5. The van der Waals surface area contributed by atoms with Crippen LogP contribution in [-0.4, -0.2) is 76.3 Å². The lowest BCUT2D eigenvalue weighted by atomic mass is 9.83. The van der Waals surface area contributed by atoms with Crippen LogP contribution in [0.3, 0.4) is 0 Å². The number of nitrogens with zero attached hydrogens (tertiary/aromatic N) is 2. The molecule has 3 aromatic rings. The number of carbonyl (C=O) groups is 6. The second-order valence-corrected chi connectivity index (χ2v) is 13.6. The van der Waals surface area contributed by atoms with Gasteiger partial charge < -0.3 is 20.7 Å². The molecule has 274 valence electrons. The quantitative estimate of drug-likeness (QED) is 0.0950. The van der Waals surface area contributed by atoms with Gasteiger partial charge in [-0.05, 0) is 61.9 Å². The number of anilines is 2. The van der Waals surface area contributed by atoms with Crippen molar-refractivity contribution in [1.29, 1.82) is 0 Å². The maximum absolute atomic E-state index is 13.2. The molecule has 0 bridgehead atoms. The zero-order valence-electron chi connectivity index (χ0n) is 29.1. The highest BCUT2D eigenvalue weighted by Crippen LogP contribution is 2.36. The Morgan fingerprint density at radius 1 is 0.865 bits per heavy atom. The first-order valence-electron chi connectivity index (χ1n) is 18.2. The number of fused-ring (bicyclic) bond motifs is 1. The molecule has 6 amide bonds. The van der Waals surface area contributed by atoms with E-state index in [9.17, 15) is 28.8 Å². The molecule has 2 aliphatic heterocycles. The van der Waals surface area contributed by atoms with Crippen molar-refractivity contribution in [3.05, 3.63) is 70.9 Å². The van der Waals surface area contributed by atoms with Crippen LogP contribution in [0.4, 0.5) is 11.5 Å². The normalized spacial score (nSPS) is 17.0. The lowest BCUT2D eigenvalue weighted by Gasteiger charge is -2.27. The number of H-pyrrole nitrogens is 1. The molecule has 1 unspecified atom stereocenters. The van der Waals surface area contributed by atoms with Crippen LogP contribution in [0.25, 0.3) is 0 Å². The highest BCUT2D eigenvalue weighted by Gasteiger charge is 2.45. The molecule has 1 atom stereocenters. The van der Waals surface area contributed by atoms with Gasteiger partial charge >= 0.3 is 0 Å². The number of ether oxygens (including phenoxy) is 1. The molecule has 3 heterocycles. The summed E-state index contributed by atoms with van der Waals surface area (Å²) < 4.78 is 5.61. The minimum absolute atomic E-state index is 0.0782. The molecule has 0 spiro atoms. The molecule has 14 nitrogen and oxygen atoms in total. The van der Waals surface area contributed by atoms with E-state index in [1.165, 1.54) is 6.42 Å². The summed E-state index contributed by atoms with van der Waals surface area (Å²) in [6.45, 7) is 1.10. The van der Waals surface area contributed by atoms with Gasteiger partial charge in [0.15, 0.2) is 12.4 Å². The largest absolute Gasteiger partial charge is 0.484 e. The van der Waals surface area contributed by atoms with Crippen LogP contribution in [0, 0.1) is 0 Å². The Labute approximate surface area is 301 Å². The lowest BCUT2D eigenvalue weighted by molar-refractivity contribution is -0.136. The van der Waals surface area contributed by atoms with E-state index < -0.39 is 29.7 Å². The maximum Gasteiger partial charge on any atom is 0.264 e. The number of nitrogens with one attached hydrogen (secondary N) is 5. The van der Waals surface area contributed by atoms with Crippen molar-refractivity contribution in [3.63, 3.8) is 0 Å². The van der Waals surface area contributed by atoms with Gasteiger partial charge in [0, 0.05) is 42.9 Å². The van der Waals surface area contributed by atoms with Crippen molar-refractivity contribution in [1.82, 2.24) is 25.7 Å². The molecule has 1 saturated carbocycles. The summed E-state index contributed by atoms with van der Waals surface area (Å²) in [6, 6.07) is 13.1. The van der Waals surface area contributed by atoms with Gasteiger partial charge in [0.2, 0.25) is 17.7 Å². The minimum Gasteiger partial charge on any atom is -0.484 e. The third-order valence-corrected chi connectivity index (χ3v) is 9.78. The van der Waals surface area contributed by atoms with E-state index in [1.54, 1.807) is 30.3 Å². The lowest BCUT2D eigenvalue weighted by Crippen LogP contribution is -2.54. The van der Waals surface area contributed by atoms with E-state index in [1.807, 2.05) is 18.2 Å². The fraction of sp³-hybridized carbons (Fsp3) is 0.447. The van der Waals surface area contributed by atoms with Crippen LogP contribution < -0.4 is 26.0 Å². The summed E-state index contributed by atoms with van der Waals surface area (Å²) >= 11 is 0. The van der Waals surface area contributed by atoms with Crippen LogP contribution in [0.15, 0.2) is 48.5 Å². The second-order valence-electron chi connectivity index (χ2n) is 13.6. The Balaban J connectivity index is 0.797. The van der Waals surface area contributed by atoms with Gasteiger partial charge in [0.25, 0.3) is 17.7 Å². The van der Waals surface area contributed by atoms with E-state index in [4.69, 9.17) is 4.74 Å². The summed E-state index contributed by atoms with van der Waals surface area (Å²) in [6.07, 6.45) is 9.68. The summed E-state index contributed by atoms with van der Waals surface area (Å²) in [5, 5.41) is 18.4. The SMILES string of the molecule is O=C(COc1ccc(CC(=O)Nc2cc(C3CCC3)[nH]n2)cc1)NCCCCCCCCNc1cccc2c1C(=O)N(C1CCC(=O)NC1=O)C2=O. The molecule has 2 aromatic carbocycles. The van der Waals surface area contributed by atoms with Gasteiger partial charge in [0.05, 0.1) is 17.5 Å². The van der Waals surface area contributed by atoms with Gasteiger partial charge in [-0.15, -0.1) is 0 Å². The van der Waals surface area contributed by atoms with Crippen LogP contribution in [0.2, 0.25) is 0 Å². The molecule has 2 fully saturated rings. The molecule has 5 N–H and O–H groups in total. The molecule has 1 aromatic heterocycles. The Morgan fingerprint density at radius 3 is 2.35 bits per heavy atom. The molecular formula is C38H45N7O7. The topological polar surface area (TPSA) is 192 Å². The van der Waals surface area contributed by atoms with Gasteiger partial charge in [-0.1, -0.05) is 50.3 Å². The van der Waals surface area contributed by atoms with E-state index in [0.717, 1.165) is 67.5 Å². The maximum atomic E-state index is 13.2. The number of rotatable bonds is 18. The third kappa shape index (κ3) is 9.03. The number of hydrogen-bond acceptors (Lipinski definition) is 9.